The summed E-state index contributed by atoms with van der Waals surface area (Å²) in [4.78, 5) is 20.8. The largest absolute Gasteiger partial charge is 0.303 e. The molecular formula is C11H12NO3Y-. The van der Waals surface area contributed by atoms with E-state index in [2.05, 4.69) is 6.07 Å². The van der Waals surface area contributed by atoms with Gasteiger partial charge in [-0.25, -0.2) is 0 Å². The van der Waals surface area contributed by atoms with E-state index in [1.54, 1.807) is 31.2 Å². The molecule has 16 heavy (non-hydrogen) atoms. The van der Waals surface area contributed by atoms with Crippen LogP contribution in [0.1, 0.15) is 18.4 Å². The second-order valence-electron chi connectivity index (χ2n) is 3.45. The van der Waals surface area contributed by atoms with E-state index in [-0.39, 0.29) is 56.0 Å². The Morgan fingerprint density at radius 2 is 2.06 bits per heavy atom. The number of carbonyl (C=O) groups excluding carboxylic acids is 1. The van der Waals surface area contributed by atoms with Crippen molar-refractivity contribution in [1.29, 1.82) is 0 Å². The first-order valence-electron chi connectivity index (χ1n) is 4.68. The van der Waals surface area contributed by atoms with Crippen molar-refractivity contribution in [3.63, 3.8) is 0 Å². The summed E-state index contributed by atoms with van der Waals surface area (Å²) in [6.45, 7) is 1.47. The van der Waals surface area contributed by atoms with Crippen LogP contribution in [-0.4, -0.2) is 17.8 Å². The summed E-state index contributed by atoms with van der Waals surface area (Å²) in [6.07, 6.45) is 0.755. The summed E-state index contributed by atoms with van der Waals surface area (Å²) in [5.74, 6) is -0.704. The number of aldehydes is 1. The van der Waals surface area contributed by atoms with Gasteiger partial charge in [0, 0.05) is 49.5 Å². The Balaban J connectivity index is 0.00000225. The van der Waals surface area contributed by atoms with E-state index in [0.29, 0.717) is 0 Å². The molecule has 0 aliphatic rings. The topological polar surface area (TPSA) is 60.2 Å². The second kappa shape index (κ2) is 7.63. The van der Waals surface area contributed by atoms with Gasteiger partial charge in [0.2, 0.25) is 6.54 Å². The number of nitrogens with zero attached hydrogens (tertiary/aromatic N) is 1. The quantitative estimate of drug-likeness (QED) is 0.359. The van der Waals surface area contributed by atoms with Gasteiger partial charge in [-0.3, -0.25) is 10.1 Å². The Morgan fingerprint density at radius 3 is 2.50 bits per heavy atom. The van der Waals surface area contributed by atoms with E-state index in [1.165, 1.54) is 0 Å². The first-order chi connectivity index (χ1) is 7.15. The molecule has 1 rings (SSSR count). The van der Waals surface area contributed by atoms with E-state index < -0.39 is 0 Å². The molecule has 0 N–H and O–H groups in total. The van der Waals surface area contributed by atoms with Crippen molar-refractivity contribution >= 4 is 6.29 Å². The molecule has 1 aromatic carbocycles. The monoisotopic (exact) mass is 295 g/mol. The minimum atomic E-state index is -0.388. The first kappa shape index (κ1) is 15.4. The molecule has 0 aliphatic carbocycles. The molecule has 0 bridgehead atoms. The smallest absolute Gasteiger partial charge is 0.209 e. The van der Waals surface area contributed by atoms with Gasteiger partial charge in [-0.2, -0.15) is 30.3 Å². The van der Waals surface area contributed by atoms with Gasteiger partial charge >= 0.3 is 0 Å². The average Bonchev–Trinajstić information content (AvgIpc) is 2.26. The van der Waals surface area contributed by atoms with Crippen LogP contribution in [0.25, 0.3) is 0 Å². The van der Waals surface area contributed by atoms with Crippen LogP contribution in [0.5, 0.6) is 0 Å². The van der Waals surface area contributed by atoms with E-state index in [4.69, 9.17) is 0 Å². The maximum absolute atomic E-state index is 10.7. The van der Waals surface area contributed by atoms with Gasteiger partial charge in [-0.1, -0.05) is 6.92 Å². The number of hydrogen-bond donors (Lipinski definition) is 0. The molecule has 0 fully saturated rings. The van der Waals surface area contributed by atoms with Crippen LogP contribution in [0.4, 0.5) is 0 Å². The van der Waals surface area contributed by atoms with Crippen molar-refractivity contribution in [3.05, 3.63) is 46.0 Å². The Hall–Kier alpha value is -0.606. The van der Waals surface area contributed by atoms with Crippen molar-refractivity contribution in [1.82, 2.24) is 0 Å². The first-order valence-corrected chi connectivity index (χ1v) is 4.68. The van der Waals surface area contributed by atoms with Crippen LogP contribution in [0.15, 0.2) is 24.3 Å². The molecule has 2 atom stereocenters. The summed E-state index contributed by atoms with van der Waals surface area (Å²) < 4.78 is 0. The van der Waals surface area contributed by atoms with Crippen LogP contribution in [0.3, 0.4) is 0 Å². The zero-order valence-corrected chi connectivity index (χ0v) is 11.8. The zero-order valence-electron chi connectivity index (χ0n) is 9.00. The Labute approximate surface area is 119 Å². The van der Waals surface area contributed by atoms with Crippen molar-refractivity contribution in [2.24, 2.45) is 5.92 Å². The molecule has 1 aromatic rings. The van der Waals surface area contributed by atoms with Gasteiger partial charge in [-0.05, 0) is 0 Å². The standard InChI is InChI=1S/C11H12NO3.Y/c1-9(8-13)11(7-12(14)15)10-5-3-2-4-6-10;/h3-6,8-9,11H,7H2,1H3;/q-1;/t9-,11-;/m0./s1. The van der Waals surface area contributed by atoms with Gasteiger partial charge in [0.1, 0.15) is 6.29 Å². The van der Waals surface area contributed by atoms with Crippen molar-refractivity contribution in [2.75, 3.05) is 6.54 Å². The summed E-state index contributed by atoms with van der Waals surface area (Å²) >= 11 is 0. The molecule has 0 spiro atoms. The van der Waals surface area contributed by atoms with E-state index in [0.717, 1.165) is 11.8 Å². The molecule has 0 aromatic heterocycles. The summed E-state index contributed by atoms with van der Waals surface area (Å²) in [6, 6.07) is 9.74. The fourth-order valence-electron chi connectivity index (χ4n) is 1.48. The Kier molecular flexibility index (Phi) is 7.34. The second-order valence-corrected chi connectivity index (χ2v) is 3.45. The molecule has 5 heteroatoms. The number of carbonyl (C=O) groups is 1. The van der Waals surface area contributed by atoms with Gasteiger partial charge in [0.25, 0.3) is 0 Å². The number of nitro groups is 1. The summed E-state index contributed by atoms with van der Waals surface area (Å²) in [5, 5.41) is 10.5. The van der Waals surface area contributed by atoms with Crippen LogP contribution in [0, 0.1) is 22.1 Å². The van der Waals surface area contributed by atoms with E-state index in [1.807, 2.05) is 0 Å². The molecule has 1 radical (unpaired) electrons. The third-order valence-corrected chi connectivity index (χ3v) is 2.37. The molecule has 0 saturated heterocycles. The Bertz CT molecular complexity index is 342. The van der Waals surface area contributed by atoms with Gasteiger partial charge < -0.3 is 4.79 Å². The minimum Gasteiger partial charge on any atom is -0.303 e. The average molecular weight is 295 g/mol. The van der Waals surface area contributed by atoms with Crippen LogP contribution >= 0.6 is 0 Å². The molecule has 4 nitrogen and oxygen atoms in total. The fourth-order valence-corrected chi connectivity index (χ4v) is 1.48. The van der Waals surface area contributed by atoms with Gasteiger partial charge in [0.15, 0.2) is 0 Å². The van der Waals surface area contributed by atoms with Gasteiger partial charge in [0.05, 0.1) is 0 Å². The summed E-state index contributed by atoms with van der Waals surface area (Å²) in [7, 11) is 0. The minimum absolute atomic E-state index is 0. The van der Waals surface area contributed by atoms with Crippen molar-refractivity contribution in [2.45, 2.75) is 12.8 Å². The predicted octanol–water partition coefficient (Wildman–Crippen LogP) is 1.68. The van der Waals surface area contributed by atoms with Crippen LogP contribution < -0.4 is 0 Å². The SMILES string of the molecule is C[C@@H](C=O)[C@H](C[N+](=O)[O-])c1cc[c-]cc1.[Y]. The van der Waals surface area contributed by atoms with E-state index >= 15 is 0 Å². The molecule has 0 unspecified atom stereocenters. The third kappa shape index (κ3) is 4.50. The third-order valence-electron chi connectivity index (χ3n) is 2.37. The summed E-state index contributed by atoms with van der Waals surface area (Å²) in [5.41, 5.74) is 0.810. The molecular weight excluding hydrogens is 283 g/mol. The van der Waals surface area contributed by atoms with E-state index in [9.17, 15) is 14.9 Å². The van der Waals surface area contributed by atoms with Crippen LogP contribution in [0.2, 0.25) is 0 Å². The number of rotatable bonds is 5. The Morgan fingerprint density at radius 1 is 1.50 bits per heavy atom. The number of benzene rings is 1. The molecule has 0 saturated carbocycles. The predicted molar refractivity (Wildman–Crippen MR) is 55.1 cm³/mol. The molecule has 0 heterocycles. The molecule has 0 aliphatic heterocycles. The fraction of sp³-hybridized carbons (Fsp3) is 0.364. The molecule has 0 amide bonds. The van der Waals surface area contributed by atoms with Crippen molar-refractivity contribution in [3.8, 4) is 0 Å². The van der Waals surface area contributed by atoms with Crippen molar-refractivity contribution < 1.29 is 42.4 Å². The zero-order chi connectivity index (χ0) is 11.3. The van der Waals surface area contributed by atoms with Crippen LogP contribution in [-0.2, 0) is 37.5 Å². The molecule has 83 valence electrons. The normalized spacial score (nSPS) is 13.3. The number of hydrogen-bond acceptors (Lipinski definition) is 3. The maximum Gasteiger partial charge on any atom is 0.209 e. The van der Waals surface area contributed by atoms with Gasteiger partial charge in [-0.15, -0.1) is 5.56 Å². The maximum atomic E-state index is 10.7.